The Morgan fingerprint density at radius 2 is 2.16 bits per heavy atom. The molecule has 6 heteroatoms. The van der Waals surface area contributed by atoms with Gasteiger partial charge in [-0.3, -0.25) is 4.57 Å². The third-order valence-corrected chi connectivity index (χ3v) is 3.33. The summed E-state index contributed by atoms with van der Waals surface area (Å²) in [7, 11) is 0. The van der Waals surface area contributed by atoms with Crippen molar-refractivity contribution in [2.24, 2.45) is 0 Å². The first-order valence-corrected chi connectivity index (χ1v) is 6.37. The van der Waals surface area contributed by atoms with E-state index in [9.17, 15) is 4.39 Å². The number of aryl methyl sites for hydroxylation is 1. The van der Waals surface area contributed by atoms with Crippen LogP contribution in [0.1, 0.15) is 5.56 Å². The number of H-pyrrole nitrogens is 1. The second-order valence-electron chi connectivity index (χ2n) is 4.25. The number of benzene rings is 1. The van der Waals surface area contributed by atoms with Gasteiger partial charge in [0.25, 0.3) is 0 Å². The molecule has 0 aliphatic heterocycles. The number of halogens is 2. The van der Waals surface area contributed by atoms with Crippen LogP contribution in [0.2, 0.25) is 5.02 Å². The Morgan fingerprint density at radius 1 is 1.37 bits per heavy atom. The van der Waals surface area contributed by atoms with Crippen molar-refractivity contribution in [3.63, 3.8) is 0 Å². The van der Waals surface area contributed by atoms with E-state index in [1.54, 1.807) is 22.9 Å². The zero-order valence-corrected chi connectivity index (χ0v) is 11.5. The first-order chi connectivity index (χ1) is 9.06. The van der Waals surface area contributed by atoms with Gasteiger partial charge >= 0.3 is 0 Å². The molecule has 2 aromatic heterocycles. The molecule has 0 unspecified atom stereocenters. The fourth-order valence-electron chi connectivity index (χ4n) is 1.99. The van der Waals surface area contributed by atoms with Crippen molar-refractivity contribution < 1.29 is 4.39 Å². The summed E-state index contributed by atoms with van der Waals surface area (Å²) in [5, 5.41) is 0.344. The van der Waals surface area contributed by atoms with E-state index in [0.29, 0.717) is 21.1 Å². The van der Waals surface area contributed by atoms with Gasteiger partial charge in [0.1, 0.15) is 5.82 Å². The van der Waals surface area contributed by atoms with Gasteiger partial charge in [0.2, 0.25) is 0 Å². The van der Waals surface area contributed by atoms with Crippen molar-refractivity contribution in [1.29, 1.82) is 0 Å². The van der Waals surface area contributed by atoms with Crippen molar-refractivity contribution in [2.45, 2.75) is 6.92 Å². The Kier molecular flexibility index (Phi) is 2.88. The van der Waals surface area contributed by atoms with Crippen LogP contribution in [0.5, 0.6) is 0 Å². The maximum Gasteiger partial charge on any atom is 0.184 e. The third kappa shape index (κ3) is 2.05. The Labute approximate surface area is 118 Å². The normalized spacial score (nSPS) is 11.1. The predicted molar refractivity (Wildman–Crippen MR) is 76.0 cm³/mol. The standard InChI is InChI=1S/C13H9ClFN3S/c1-7-4-10-12(16-6-7)18(13(19)17-10)11-3-2-8(14)5-9(11)15/h2-6H,1H3,(H,17,19). The smallest absolute Gasteiger partial charge is 0.184 e. The molecule has 19 heavy (non-hydrogen) atoms. The average Bonchev–Trinajstić information content (AvgIpc) is 2.65. The molecule has 0 aliphatic rings. The molecule has 0 saturated carbocycles. The van der Waals surface area contributed by atoms with Crippen LogP contribution in [0.25, 0.3) is 16.9 Å². The van der Waals surface area contributed by atoms with E-state index >= 15 is 0 Å². The molecule has 2 heterocycles. The lowest BCUT2D eigenvalue weighted by Gasteiger charge is -2.05. The van der Waals surface area contributed by atoms with Gasteiger partial charge in [-0.1, -0.05) is 11.6 Å². The van der Waals surface area contributed by atoms with Gasteiger partial charge in [0.05, 0.1) is 11.2 Å². The summed E-state index contributed by atoms with van der Waals surface area (Å²) in [5.41, 5.74) is 2.71. The van der Waals surface area contributed by atoms with Gasteiger partial charge in [-0.2, -0.15) is 0 Å². The molecule has 1 aromatic carbocycles. The summed E-state index contributed by atoms with van der Waals surface area (Å²) in [5.74, 6) is -0.438. The third-order valence-electron chi connectivity index (χ3n) is 2.81. The Morgan fingerprint density at radius 3 is 2.89 bits per heavy atom. The lowest BCUT2D eigenvalue weighted by Crippen LogP contribution is -1.99. The molecule has 0 spiro atoms. The maximum atomic E-state index is 14.0. The van der Waals surface area contributed by atoms with Crippen LogP contribution in [-0.4, -0.2) is 14.5 Å². The van der Waals surface area contributed by atoms with Gasteiger partial charge in [0, 0.05) is 11.2 Å². The van der Waals surface area contributed by atoms with Gasteiger partial charge in [-0.25, -0.2) is 9.37 Å². The van der Waals surface area contributed by atoms with E-state index in [1.807, 2.05) is 13.0 Å². The van der Waals surface area contributed by atoms with Crippen molar-refractivity contribution in [3.05, 3.63) is 51.6 Å². The molecular weight excluding hydrogens is 285 g/mol. The topological polar surface area (TPSA) is 33.6 Å². The molecule has 0 amide bonds. The Hall–Kier alpha value is -1.72. The van der Waals surface area contributed by atoms with Crippen molar-refractivity contribution in [1.82, 2.24) is 14.5 Å². The summed E-state index contributed by atoms with van der Waals surface area (Å²) in [6, 6.07) is 6.38. The van der Waals surface area contributed by atoms with Crippen LogP contribution in [-0.2, 0) is 0 Å². The largest absolute Gasteiger partial charge is 0.329 e. The lowest BCUT2D eigenvalue weighted by molar-refractivity contribution is 0.618. The molecule has 0 bridgehead atoms. The Balaban J connectivity index is 2.36. The number of aromatic nitrogens is 3. The minimum atomic E-state index is -0.438. The lowest BCUT2D eigenvalue weighted by atomic mass is 10.3. The number of hydrogen-bond donors (Lipinski definition) is 1. The number of rotatable bonds is 1. The summed E-state index contributed by atoms with van der Waals surface area (Å²) in [6.07, 6.45) is 1.72. The molecule has 3 nitrogen and oxygen atoms in total. The Bertz CT molecular complexity index is 838. The highest BCUT2D eigenvalue weighted by atomic mass is 35.5. The summed E-state index contributed by atoms with van der Waals surface area (Å²) in [4.78, 5) is 7.33. The molecule has 0 fully saturated rings. The molecule has 96 valence electrons. The molecule has 3 rings (SSSR count). The van der Waals surface area contributed by atoms with Crippen molar-refractivity contribution in [2.75, 3.05) is 0 Å². The number of imidazole rings is 1. The number of hydrogen-bond acceptors (Lipinski definition) is 2. The summed E-state index contributed by atoms with van der Waals surface area (Å²) < 4.78 is 16.0. The van der Waals surface area contributed by atoms with Crippen LogP contribution >= 0.6 is 23.8 Å². The van der Waals surface area contributed by atoms with E-state index in [2.05, 4.69) is 9.97 Å². The van der Waals surface area contributed by atoms with E-state index < -0.39 is 5.82 Å². The molecule has 0 aliphatic carbocycles. The van der Waals surface area contributed by atoms with Crippen LogP contribution in [0.4, 0.5) is 4.39 Å². The van der Waals surface area contributed by atoms with E-state index in [0.717, 1.165) is 11.1 Å². The predicted octanol–water partition coefficient (Wildman–Crippen LogP) is 4.18. The van der Waals surface area contributed by atoms with Crippen LogP contribution in [0.3, 0.4) is 0 Å². The fraction of sp³-hybridized carbons (Fsp3) is 0.0769. The second-order valence-corrected chi connectivity index (χ2v) is 5.07. The first-order valence-electron chi connectivity index (χ1n) is 5.59. The van der Waals surface area contributed by atoms with E-state index in [4.69, 9.17) is 23.8 Å². The zero-order valence-electron chi connectivity index (χ0n) is 9.95. The maximum absolute atomic E-state index is 14.0. The first kappa shape index (κ1) is 12.3. The van der Waals surface area contributed by atoms with Gasteiger partial charge in [-0.05, 0) is 49.0 Å². The number of nitrogens with one attached hydrogen (secondary N) is 1. The van der Waals surface area contributed by atoms with Gasteiger partial charge in [-0.15, -0.1) is 0 Å². The monoisotopic (exact) mass is 293 g/mol. The molecule has 0 radical (unpaired) electrons. The average molecular weight is 294 g/mol. The molecule has 3 aromatic rings. The summed E-state index contributed by atoms with van der Waals surface area (Å²) in [6.45, 7) is 1.93. The minimum absolute atomic E-state index is 0.331. The number of aromatic amines is 1. The van der Waals surface area contributed by atoms with Crippen LogP contribution in [0, 0.1) is 17.5 Å². The fourth-order valence-corrected chi connectivity index (χ4v) is 2.44. The molecular formula is C13H9ClFN3S. The van der Waals surface area contributed by atoms with E-state index in [1.165, 1.54) is 6.07 Å². The molecule has 1 N–H and O–H groups in total. The molecule has 0 saturated heterocycles. The highest BCUT2D eigenvalue weighted by molar-refractivity contribution is 7.71. The number of fused-ring (bicyclic) bond motifs is 1. The van der Waals surface area contributed by atoms with E-state index in [-0.39, 0.29) is 0 Å². The zero-order chi connectivity index (χ0) is 13.6. The highest BCUT2D eigenvalue weighted by Gasteiger charge is 2.12. The molecule has 0 atom stereocenters. The second kappa shape index (κ2) is 4.43. The summed E-state index contributed by atoms with van der Waals surface area (Å²) >= 11 is 11.0. The minimum Gasteiger partial charge on any atom is -0.329 e. The van der Waals surface area contributed by atoms with Crippen molar-refractivity contribution >= 4 is 35.0 Å². The number of nitrogens with zero attached hydrogens (tertiary/aromatic N) is 2. The van der Waals surface area contributed by atoms with Crippen molar-refractivity contribution in [3.8, 4) is 5.69 Å². The van der Waals surface area contributed by atoms with Gasteiger partial charge < -0.3 is 4.98 Å². The van der Waals surface area contributed by atoms with Crippen LogP contribution in [0.15, 0.2) is 30.5 Å². The van der Waals surface area contributed by atoms with Crippen LogP contribution < -0.4 is 0 Å². The quantitative estimate of drug-likeness (QED) is 0.683. The SMILES string of the molecule is Cc1cnc2c(c1)[nH]c(=S)n2-c1ccc(Cl)cc1F. The highest BCUT2D eigenvalue weighted by Crippen LogP contribution is 2.23. The number of pyridine rings is 1. The van der Waals surface area contributed by atoms with Gasteiger partial charge in [0.15, 0.2) is 10.4 Å².